The number of nitrogens with zero attached hydrogens (tertiary/aromatic N) is 2. The van der Waals surface area contributed by atoms with E-state index in [4.69, 9.17) is 4.42 Å². The predicted octanol–water partition coefficient (Wildman–Crippen LogP) is 3.97. The first kappa shape index (κ1) is 19.1. The van der Waals surface area contributed by atoms with Crippen molar-refractivity contribution >= 4 is 17.4 Å². The van der Waals surface area contributed by atoms with E-state index in [-0.39, 0.29) is 23.6 Å². The molecule has 0 saturated heterocycles. The first-order valence-corrected chi connectivity index (χ1v) is 9.08. The molecule has 1 amide bonds. The maximum Gasteiger partial charge on any atom is 0.290 e. The molecule has 30 heavy (non-hydrogen) atoms. The minimum atomic E-state index is -1.00. The molecule has 4 rings (SSSR count). The number of hydrogen-bond acceptors (Lipinski definition) is 6. The number of benzene rings is 2. The third-order valence-electron chi connectivity index (χ3n) is 4.89. The van der Waals surface area contributed by atoms with E-state index < -0.39 is 28.4 Å². The molecule has 1 aliphatic rings. The summed E-state index contributed by atoms with van der Waals surface area (Å²) >= 11 is 0. The Kier molecular flexibility index (Phi) is 4.89. The van der Waals surface area contributed by atoms with Crippen molar-refractivity contribution in [3.63, 3.8) is 0 Å². The molecule has 1 aromatic heterocycles. The molecule has 2 heterocycles. The lowest BCUT2D eigenvalue weighted by Crippen LogP contribution is -2.30. The van der Waals surface area contributed by atoms with E-state index >= 15 is 0 Å². The van der Waals surface area contributed by atoms with E-state index in [2.05, 4.69) is 0 Å². The summed E-state index contributed by atoms with van der Waals surface area (Å²) in [7, 11) is 0. The van der Waals surface area contributed by atoms with Gasteiger partial charge in [0.1, 0.15) is 0 Å². The molecule has 1 aliphatic heterocycles. The van der Waals surface area contributed by atoms with Gasteiger partial charge in [0.15, 0.2) is 11.5 Å². The summed E-state index contributed by atoms with van der Waals surface area (Å²) in [4.78, 5) is 38.0. The average Bonchev–Trinajstić information content (AvgIpc) is 3.37. The van der Waals surface area contributed by atoms with Crippen molar-refractivity contribution in [1.82, 2.24) is 4.90 Å². The highest BCUT2D eigenvalue weighted by Gasteiger charge is 2.44. The average molecular weight is 404 g/mol. The minimum absolute atomic E-state index is 0.0404. The van der Waals surface area contributed by atoms with Gasteiger partial charge < -0.3 is 14.4 Å². The van der Waals surface area contributed by atoms with Crippen LogP contribution in [0.5, 0.6) is 0 Å². The van der Waals surface area contributed by atoms with Crippen LogP contribution < -0.4 is 0 Å². The van der Waals surface area contributed by atoms with E-state index in [1.54, 1.807) is 30.3 Å². The van der Waals surface area contributed by atoms with Gasteiger partial charge in [-0.2, -0.15) is 0 Å². The fourth-order valence-electron chi connectivity index (χ4n) is 3.52. The molecule has 1 atom stereocenters. The molecule has 0 spiro atoms. The molecule has 150 valence electrons. The lowest BCUT2D eigenvalue weighted by Gasteiger charge is -2.26. The predicted molar refractivity (Wildman–Crippen MR) is 106 cm³/mol. The maximum absolute atomic E-state index is 13.0. The molecular formula is C22H16N2O6. The van der Waals surface area contributed by atoms with Crippen molar-refractivity contribution in [3.8, 4) is 0 Å². The highest BCUT2D eigenvalue weighted by molar-refractivity contribution is 6.15. The van der Waals surface area contributed by atoms with E-state index in [1.807, 2.05) is 6.07 Å². The summed E-state index contributed by atoms with van der Waals surface area (Å²) in [5.41, 5.74) is 0.760. The van der Waals surface area contributed by atoms with Gasteiger partial charge >= 0.3 is 0 Å². The Balaban J connectivity index is 1.83. The number of hydrogen-bond donors (Lipinski definition) is 1. The van der Waals surface area contributed by atoms with Crippen LogP contribution in [0.2, 0.25) is 0 Å². The number of non-ortho nitro benzene ring substituents is 1. The van der Waals surface area contributed by atoms with Gasteiger partial charge in [-0.25, -0.2) is 0 Å². The summed E-state index contributed by atoms with van der Waals surface area (Å²) < 4.78 is 5.16. The van der Waals surface area contributed by atoms with Gasteiger partial charge in [0.05, 0.1) is 22.8 Å². The number of aliphatic hydroxyl groups is 1. The Morgan fingerprint density at radius 2 is 1.87 bits per heavy atom. The van der Waals surface area contributed by atoms with Crippen LogP contribution in [0.25, 0.3) is 0 Å². The molecule has 0 aliphatic carbocycles. The number of aliphatic hydroxyl groups excluding tert-OH is 1. The van der Waals surface area contributed by atoms with Gasteiger partial charge in [0.2, 0.25) is 5.78 Å². The lowest BCUT2D eigenvalue weighted by molar-refractivity contribution is -0.384. The van der Waals surface area contributed by atoms with Crippen molar-refractivity contribution in [1.29, 1.82) is 0 Å². The molecule has 0 unspecified atom stereocenters. The normalized spacial score (nSPS) is 16.2. The largest absolute Gasteiger partial charge is 0.503 e. The van der Waals surface area contributed by atoms with Crippen LogP contribution in [0.1, 0.15) is 27.7 Å². The molecule has 2 aromatic carbocycles. The molecular weight excluding hydrogens is 388 g/mol. The number of nitro groups is 1. The van der Waals surface area contributed by atoms with Crippen molar-refractivity contribution in [2.75, 3.05) is 0 Å². The summed E-state index contributed by atoms with van der Waals surface area (Å²) in [5, 5.41) is 21.8. The second-order valence-electron chi connectivity index (χ2n) is 6.74. The number of ketones is 1. The zero-order chi connectivity index (χ0) is 21.3. The summed E-state index contributed by atoms with van der Waals surface area (Å²) in [5.74, 6) is -2.12. The van der Waals surface area contributed by atoms with Gasteiger partial charge in [-0.3, -0.25) is 19.7 Å². The first-order valence-electron chi connectivity index (χ1n) is 9.08. The molecule has 1 N–H and O–H groups in total. The fraction of sp³-hybridized carbons (Fsp3) is 0.0909. The molecule has 0 saturated carbocycles. The number of nitro benzene ring substituents is 1. The SMILES string of the molecule is O=C(C1=C(O)C(=O)N(Cc2ccccc2)[C@H]1c1cccc([N+](=O)[O-])c1)c1ccco1. The number of furan rings is 1. The number of amides is 1. The number of carbonyl (C=O) groups is 2. The summed E-state index contributed by atoms with van der Waals surface area (Å²) in [6.45, 7) is 0.103. The van der Waals surface area contributed by atoms with Crippen LogP contribution in [-0.4, -0.2) is 26.6 Å². The second-order valence-corrected chi connectivity index (χ2v) is 6.74. The van der Waals surface area contributed by atoms with Crippen molar-refractivity contribution in [3.05, 3.63) is 111 Å². The fourth-order valence-corrected chi connectivity index (χ4v) is 3.52. The van der Waals surface area contributed by atoms with Crippen LogP contribution in [-0.2, 0) is 11.3 Å². The van der Waals surface area contributed by atoms with Gasteiger partial charge in [0, 0.05) is 18.7 Å². The molecule has 0 fully saturated rings. The minimum Gasteiger partial charge on any atom is -0.503 e. The molecule has 8 nitrogen and oxygen atoms in total. The van der Waals surface area contributed by atoms with Gasteiger partial charge in [0.25, 0.3) is 11.6 Å². The monoisotopic (exact) mass is 404 g/mol. The Morgan fingerprint density at radius 1 is 1.10 bits per heavy atom. The smallest absolute Gasteiger partial charge is 0.290 e. The van der Waals surface area contributed by atoms with E-state index in [0.717, 1.165) is 5.56 Å². The van der Waals surface area contributed by atoms with Gasteiger partial charge in [-0.1, -0.05) is 42.5 Å². The van der Waals surface area contributed by atoms with Crippen molar-refractivity contribution in [2.45, 2.75) is 12.6 Å². The van der Waals surface area contributed by atoms with Crippen LogP contribution in [0.4, 0.5) is 5.69 Å². The summed E-state index contributed by atoms with van der Waals surface area (Å²) in [6.07, 6.45) is 1.31. The van der Waals surface area contributed by atoms with Crippen LogP contribution in [0, 0.1) is 10.1 Å². The standard InChI is InChI=1S/C22H16N2O6/c25-20(17-10-5-11-30-17)18-19(15-8-4-9-16(12-15)24(28)29)23(22(27)21(18)26)13-14-6-2-1-3-7-14/h1-12,19,26H,13H2/t19-/m0/s1. The lowest BCUT2D eigenvalue weighted by atomic mass is 9.94. The Morgan fingerprint density at radius 3 is 2.53 bits per heavy atom. The zero-order valence-corrected chi connectivity index (χ0v) is 15.6. The van der Waals surface area contributed by atoms with E-state index in [0.29, 0.717) is 5.56 Å². The zero-order valence-electron chi connectivity index (χ0n) is 15.6. The molecule has 0 bridgehead atoms. The Hall–Kier alpha value is -4.20. The van der Waals surface area contributed by atoms with Crippen molar-refractivity contribution in [2.24, 2.45) is 0 Å². The van der Waals surface area contributed by atoms with Gasteiger partial charge in [-0.05, 0) is 23.3 Å². The maximum atomic E-state index is 13.0. The highest BCUT2D eigenvalue weighted by Crippen LogP contribution is 2.40. The van der Waals surface area contributed by atoms with E-state index in [1.165, 1.54) is 41.5 Å². The number of carbonyl (C=O) groups excluding carboxylic acids is 2. The third-order valence-corrected chi connectivity index (χ3v) is 4.89. The van der Waals surface area contributed by atoms with Gasteiger partial charge in [-0.15, -0.1) is 0 Å². The third kappa shape index (κ3) is 3.35. The first-order chi connectivity index (χ1) is 14.5. The number of Topliss-reactive ketones (excluding diaryl/α,β-unsaturated/α-hetero) is 1. The molecule has 3 aromatic rings. The Bertz CT molecular complexity index is 1150. The molecule has 8 heteroatoms. The van der Waals surface area contributed by atoms with Crippen LogP contribution in [0.15, 0.2) is 88.7 Å². The van der Waals surface area contributed by atoms with Crippen LogP contribution in [0.3, 0.4) is 0 Å². The number of rotatable bonds is 6. The second kappa shape index (κ2) is 7.67. The highest BCUT2D eigenvalue weighted by atomic mass is 16.6. The quantitative estimate of drug-likeness (QED) is 0.378. The Labute approximate surface area is 170 Å². The van der Waals surface area contributed by atoms with E-state index in [9.17, 15) is 24.8 Å². The summed E-state index contributed by atoms with van der Waals surface area (Å²) in [6, 6.07) is 16.7. The van der Waals surface area contributed by atoms with Crippen LogP contribution >= 0.6 is 0 Å². The molecule has 0 radical (unpaired) electrons. The topological polar surface area (TPSA) is 114 Å². The van der Waals surface area contributed by atoms with Crippen molar-refractivity contribution < 1.29 is 24.0 Å².